The van der Waals surface area contributed by atoms with Crippen molar-refractivity contribution in [3.63, 3.8) is 0 Å². The molecule has 0 atom stereocenters. The lowest BCUT2D eigenvalue weighted by Gasteiger charge is -2.19. The van der Waals surface area contributed by atoms with Crippen LogP contribution in [0.25, 0.3) is 0 Å². The van der Waals surface area contributed by atoms with Crippen LogP contribution in [0.4, 0.5) is 0 Å². The second-order valence-electron chi connectivity index (χ2n) is 5.12. The molecule has 0 radical (unpaired) electrons. The number of carbonyl (C=O) groups excluding carboxylic acids is 1. The number of rotatable bonds is 5. The Bertz CT molecular complexity index is 589. The van der Waals surface area contributed by atoms with Gasteiger partial charge in [-0.05, 0) is 25.3 Å². The van der Waals surface area contributed by atoms with Gasteiger partial charge in [0.05, 0.1) is 0 Å². The predicted octanol–water partition coefficient (Wildman–Crippen LogP) is 2.34. The Morgan fingerprint density at radius 2 is 2.10 bits per heavy atom. The molecule has 0 bridgehead atoms. The molecule has 1 fully saturated rings. The van der Waals surface area contributed by atoms with Crippen molar-refractivity contribution in [3.05, 3.63) is 47.5 Å². The molecule has 1 aliphatic rings. The molecule has 2 aromatic rings. The van der Waals surface area contributed by atoms with E-state index < -0.39 is 0 Å². The SMILES string of the molecule is CCN(Cc1ccccc1)C(=O)c1n[nH]c(C2CC2)n1. The molecule has 20 heavy (non-hydrogen) atoms. The first-order chi connectivity index (χ1) is 9.78. The van der Waals surface area contributed by atoms with Gasteiger partial charge in [-0.3, -0.25) is 9.89 Å². The molecule has 0 aliphatic heterocycles. The van der Waals surface area contributed by atoms with Gasteiger partial charge in [-0.25, -0.2) is 4.98 Å². The van der Waals surface area contributed by atoms with Crippen LogP contribution in [-0.4, -0.2) is 32.5 Å². The highest BCUT2D eigenvalue weighted by Crippen LogP contribution is 2.37. The van der Waals surface area contributed by atoms with E-state index in [1.807, 2.05) is 37.3 Å². The number of aromatic amines is 1. The van der Waals surface area contributed by atoms with Crippen LogP contribution in [0.2, 0.25) is 0 Å². The van der Waals surface area contributed by atoms with Crippen LogP contribution < -0.4 is 0 Å². The van der Waals surface area contributed by atoms with Gasteiger partial charge in [0.2, 0.25) is 5.82 Å². The van der Waals surface area contributed by atoms with E-state index in [-0.39, 0.29) is 11.7 Å². The number of hydrogen-bond acceptors (Lipinski definition) is 3. The van der Waals surface area contributed by atoms with Gasteiger partial charge in [-0.1, -0.05) is 30.3 Å². The quantitative estimate of drug-likeness (QED) is 0.907. The highest BCUT2D eigenvalue weighted by Gasteiger charge is 2.29. The van der Waals surface area contributed by atoms with Crippen molar-refractivity contribution in [3.8, 4) is 0 Å². The number of hydrogen-bond donors (Lipinski definition) is 1. The van der Waals surface area contributed by atoms with Crippen molar-refractivity contribution in [2.24, 2.45) is 0 Å². The van der Waals surface area contributed by atoms with E-state index in [1.165, 1.54) is 0 Å². The summed E-state index contributed by atoms with van der Waals surface area (Å²) in [5.41, 5.74) is 1.11. The molecule has 1 amide bonds. The van der Waals surface area contributed by atoms with E-state index in [9.17, 15) is 4.79 Å². The molecule has 1 aliphatic carbocycles. The van der Waals surface area contributed by atoms with Crippen molar-refractivity contribution in [1.29, 1.82) is 0 Å². The molecule has 3 rings (SSSR count). The lowest BCUT2D eigenvalue weighted by atomic mass is 10.2. The van der Waals surface area contributed by atoms with Crippen LogP contribution >= 0.6 is 0 Å². The van der Waals surface area contributed by atoms with Crippen molar-refractivity contribution in [2.45, 2.75) is 32.2 Å². The zero-order chi connectivity index (χ0) is 13.9. The number of nitrogens with zero attached hydrogens (tertiary/aromatic N) is 3. The summed E-state index contributed by atoms with van der Waals surface area (Å²) in [6.45, 7) is 3.19. The largest absolute Gasteiger partial charge is 0.332 e. The van der Waals surface area contributed by atoms with Crippen molar-refractivity contribution >= 4 is 5.91 Å². The summed E-state index contributed by atoms with van der Waals surface area (Å²) in [6, 6.07) is 9.96. The number of nitrogens with one attached hydrogen (secondary N) is 1. The van der Waals surface area contributed by atoms with Gasteiger partial charge in [-0.2, -0.15) is 0 Å². The van der Waals surface area contributed by atoms with E-state index >= 15 is 0 Å². The first kappa shape index (κ1) is 12.8. The summed E-state index contributed by atoms with van der Waals surface area (Å²) >= 11 is 0. The average molecular weight is 270 g/mol. The van der Waals surface area contributed by atoms with Crippen LogP contribution in [0, 0.1) is 0 Å². The van der Waals surface area contributed by atoms with Gasteiger partial charge in [0.15, 0.2) is 0 Å². The number of amides is 1. The third-order valence-corrected chi connectivity index (χ3v) is 3.54. The third-order valence-electron chi connectivity index (χ3n) is 3.54. The van der Waals surface area contributed by atoms with Gasteiger partial charge < -0.3 is 4.90 Å². The Morgan fingerprint density at radius 3 is 2.75 bits per heavy atom. The van der Waals surface area contributed by atoms with Crippen molar-refractivity contribution < 1.29 is 4.79 Å². The summed E-state index contributed by atoms with van der Waals surface area (Å²) < 4.78 is 0. The van der Waals surface area contributed by atoms with Crippen LogP contribution in [0.3, 0.4) is 0 Å². The normalized spacial score (nSPS) is 14.2. The van der Waals surface area contributed by atoms with Gasteiger partial charge >= 0.3 is 0 Å². The molecule has 5 heteroatoms. The fourth-order valence-electron chi connectivity index (χ4n) is 2.18. The van der Waals surface area contributed by atoms with Crippen LogP contribution in [0.5, 0.6) is 0 Å². The van der Waals surface area contributed by atoms with E-state index in [1.54, 1.807) is 4.90 Å². The van der Waals surface area contributed by atoms with E-state index in [4.69, 9.17) is 0 Å². The van der Waals surface area contributed by atoms with E-state index in [2.05, 4.69) is 15.2 Å². The van der Waals surface area contributed by atoms with E-state index in [0.717, 1.165) is 24.2 Å². The smallest absolute Gasteiger partial charge is 0.293 e. The molecular formula is C15H18N4O. The molecule has 1 aromatic heterocycles. The molecule has 0 saturated heterocycles. The average Bonchev–Trinajstić information content (AvgIpc) is 3.22. The maximum atomic E-state index is 12.4. The molecule has 1 heterocycles. The summed E-state index contributed by atoms with van der Waals surface area (Å²) in [7, 11) is 0. The maximum Gasteiger partial charge on any atom is 0.293 e. The minimum absolute atomic E-state index is 0.112. The van der Waals surface area contributed by atoms with Gasteiger partial charge in [0, 0.05) is 19.0 Å². The fraction of sp³-hybridized carbons (Fsp3) is 0.400. The second kappa shape index (κ2) is 5.45. The van der Waals surface area contributed by atoms with Crippen LogP contribution in [-0.2, 0) is 6.54 Å². The van der Waals surface area contributed by atoms with Crippen LogP contribution in [0.1, 0.15) is 47.7 Å². The topological polar surface area (TPSA) is 61.9 Å². The first-order valence-corrected chi connectivity index (χ1v) is 7.03. The molecule has 1 N–H and O–H groups in total. The maximum absolute atomic E-state index is 12.4. The predicted molar refractivity (Wildman–Crippen MR) is 75.2 cm³/mol. The molecule has 1 saturated carbocycles. The minimum Gasteiger partial charge on any atom is -0.332 e. The summed E-state index contributed by atoms with van der Waals surface area (Å²) in [4.78, 5) is 18.5. The molecule has 1 aromatic carbocycles. The number of aromatic nitrogens is 3. The number of benzene rings is 1. The Morgan fingerprint density at radius 1 is 1.35 bits per heavy atom. The monoisotopic (exact) mass is 270 g/mol. The zero-order valence-corrected chi connectivity index (χ0v) is 11.5. The fourth-order valence-corrected chi connectivity index (χ4v) is 2.18. The van der Waals surface area contributed by atoms with Crippen molar-refractivity contribution in [1.82, 2.24) is 20.1 Å². The highest BCUT2D eigenvalue weighted by atomic mass is 16.2. The molecule has 0 unspecified atom stereocenters. The summed E-state index contributed by atoms with van der Waals surface area (Å²) in [6.07, 6.45) is 2.29. The Hall–Kier alpha value is -2.17. The lowest BCUT2D eigenvalue weighted by molar-refractivity contribution is 0.0740. The second-order valence-corrected chi connectivity index (χ2v) is 5.12. The van der Waals surface area contributed by atoms with Gasteiger partial charge in [-0.15, -0.1) is 5.10 Å². The molecule has 5 nitrogen and oxygen atoms in total. The molecule has 0 spiro atoms. The van der Waals surface area contributed by atoms with Gasteiger partial charge in [0.25, 0.3) is 5.91 Å². The standard InChI is InChI=1S/C15H18N4O/c1-2-19(10-11-6-4-3-5-7-11)15(20)14-16-13(17-18-14)12-8-9-12/h3-7,12H,2,8-10H2,1H3,(H,16,17,18). The minimum atomic E-state index is -0.112. The number of H-pyrrole nitrogens is 1. The zero-order valence-electron chi connectivity index (χ0n) is 11.5. The summed E-state index contributed by atoms with van der Waals surface area (Å²) in [5, 5.41) is 6.94. The van der Waals surface area contributed by atoms with Crippen LogP contribution in [0.15, 0.2) is 30.3 Å². The first-order valence-electron chi connectivity index (χ1n) is 7.03. The van der Waals surface area contributed by atoms with Crippen molar-refractivity contribution in [2.75, 3.05) is 6.54 Å². The third kappa shape index (κ3) is 2.71. The lowest BCUT2D eigenvalue weighted by Crippen LogP contribution is -2.31. The Balaban J connectivity index is 1.72. The number of carbonyl (C=O) groups is 1. The highest BCUT2D eigenvalue weighted by molar-refractivity contribution is 5.90. The Labute approximate surface area is 118 Å². The molecular weight excluding hydrogens is 252 g/mol. The van der Waals surface area contributed by atoms with E-state index in [0.29, 0.717) is 19.0 Å². The molecule has 104 valence electrons. The summed E-state index contributed by atoms with van der Waals surface area (Å²) in [5.74, 6) is 1.50. The Kier molecular flexibility index (Phi) is 3.50. The van der Waals surface area contributed by atoms with Gasteiger partial charge in [0.1, 0.15) is 5.82 Å².